The van der Waals surface area contributed by atoms with E-state index in [1.807, 2.05) is 0 Å². The molecule has 0 aliphatic rings. The quantitative estimate of drug-likeness (QED) is 0.0509. The Kier molecular flexibility index (Phi) is 41.3. The Hall–Kier alpha value is -1.14. The summed E-state index contributed by atoms with van der Waals surface area (Å²) in [7, 11) is 9.66. The summed E-state index contributed by atoms with van der Waals surface area (Å²) in [6.07, 6.45) is 34.7. The van der Waals surface area contributed by atoms with E-state index in [0.29, 0.717) is 12.8 Å². The zero-order chi connectivity index (χ0) is 36.8. The number of carbonyl (C=O) groups excluding carboxylic acids is 2. The van der Waals surface area contributed by atoms with Crippen molar-refractivity contribution in [2.75, 3.05) is 54.4 Å². The van der Waals surface area contributed by atoms with E-state index in [1.54, 1.807) is 0 Å². The van der Waals surface area contributed by atoms with Gasteiger partial charge in [-0.2, -0.15) is 0 Å². The molecule has 0 aromatic rings. The second-order valence-corrected chi connectivity index (χ2v) is 15.8. The predicted octanol–water partition coefficient (Wildman–Crippen LogP) is 9.61. The van der Waals surface area contributed by atoms with E-state index in [2.05, 4.69) is 55.9 Å². The van der Waals surface area contributed by atoms with Crippen molar-refractivity contribution < 1.29 is 28.8 Å². The van der Waals surface area contributed by atoms with Crippen LogP contribution in [-0.2, 0) is 9.59 Å². The number of carbonyl (C=O) groups is 2. The highest BCUT2D eigenvalue weighted by Gasteiger charge is 2.14. The Bertz CT molecular complexity index is 574. The van der Waals surface area contributed by atoms with Crippen molar-refractivity contribution in [3.8, 4) is 0 Å². The molecule has 0 unspecified atom stereocenters. The maximum Gasteiger partial charge on any atom is 0.0782 e. The molecule has 0 saturated heterocycles. The summed E-state index contributed by atoms with van der Waals surface area (Å²) in [6, 6.07) is 0. The minimum absolute atomic E-state index is 0.0761. The summed E-state index contributed by atoms with van der Waals surface area (Å²) >= 11 is 0. The van der Waals surface area contributed by atoms with Crippen LogP contribution in [0.2, 0.25) is 0 Å². The van der Waals surface area contributed by atoms with Gasteiger partial charge in [0.05, 0.1) is 54.4 Å². The fourth-order valence-corrected chi connectivity index (χ4v) is 6.04. The van der Waals surface area contributed by atoms with Crippen molar-refractivity contribution >= 4 is 11.9 Å². The van der Waals surface area contributed by atoms with Gasteiger partial charge in [0.1, 0.15) is 0 Å². The van der Waals surface area contributed by atoms with E-state index in [1.165, 1.54) is 189 Å². The molecule has 0 bridgehead atoms. The number of hydrogen-bond donors (Lipinski definition) is 0. The Morgan fingerprint density at radius 2 is 0.521 bits per heavy atom. The summed E-state index contributed by atoms with van der Waals surface area (Å²) in [5, 5.41) is 19.5. The van der Waals surface area contributed by atoms with Gasteiger partial charge in [0.15, 0.2) is 0 Å². The van der Waals surface area contributed by atoms with Gasteiger partial charge < -0.3 is 28.8 Å². The van der Waals surface area contributed by atoms with Crippen molar-refractivity contribution in [1.29, 1.82) is 0 Å². The molecule has 48 heavy (non-hydrogen) atoms. The van der Waals surface area contributed by atoms with Crippen molar-refractivity contribution in [3.63, 3.8) is 0 Å². The summed E-state index contributed by atoms with van der Waals surface area (Å²) in [5.74, 6) is -2.28. The van der Waals surface area contributed by atoms with Crippen LogP contribution in [0.3, 0.4) is 0 Å². The van der Waals surface area contributed by atoms with Crippen LogP contribution in [0, 0.1) is 0 Å². The van der Waals surface area contributed by atoms with Gasteiger partial charge in [-0.3, -0.25) is 0 Å². The number of aliphatic carboxylic acids is 2. The van der Waals surface area contributed by atoms with Crippen LogP contribution in [0.1, 0.15) is 207 Å². The van der Waals surface area contributed by atoms with Crippen molar-refractivity contribution in [2.24, 2.45) is 0 Å². The molecule has 0 N–H and O–H groups in total. The highest BCUT2D eigenvalue weighted by atomic mass is 16.4. The molecule has 6 heteroatoms. The first-order valence-electron chi connectivity index (χ1n) is 20.9. The smallest absolute Gasteiger partial charge is 0.0782 e. The van der Waals surface area contributed by atoms with E-state index in [0.717, 1.165) is 0 Å². The monoisotopic (exact) mass is 685 g/mol. The largest absolute Gasteiger partial charge is 0.550 e. The molecule has 0 spiro atoms. The maximum absolute atomic E-state index is 9.77. The van der Waals surface area contributed by atoms with Gasteiger partial charge in [0.2, 0.25) is 0 Å². The average molecular weight is 685 g/mol. The molecule has 0 atom stereocenters. The van der Waals surface area contributed by atoms with Gasteiger partial charge in [-0.1, -0.05) is 130 Å². The molecule has 0 rings (SSSR count). The van der Waals surface area contributed by atoms with Crippen molar-refractivity contribution in [3.05, 3.63) is 0 Å². The third kappa shape index (κ3) is 49.2. The highest BCUT2D eigenvalue weighted by molar-refractivity contribution is 5.65. The molecule has 0 radical (unpaired) electrons. The van der Waals surface area contributed by atoms with Crippen LogP contribution in [0.5, 0.6) is 0 Å². The number of hydrogen-bond acceptors (Lipinski definition) is 4. The first kappa shape index (κ1) is 51.2. The van der Waals surface area contributed by atoms with Crippen molar-refractivity contribution in [1.82, 2.24) is 0 Å². The number of quaternary nitrogens is 2. The Balaban J connectivity index is -0.000000665. The van der Waals surface area contributed by atoms with E-state index < -0.39 is 11.9 Å². The summed E-state index contributed by atoms with van der Waals surface area (Å²) in [6.45, 7) is 14.7. The van der Waals surface area contributed by atoms with Crippen LogP contribution in [-0.4, -0.2) is 75.3 Å². The molecule has 0 aliphatic carbocycles. The lowest BCUT2D eigenvalue weighted by atomic mass is 10.1. The minimum Gasteiger partial charge on any atom is -0.550 e. The number of nitrogens with zero attached hydrogens (tertiary/aromatic N) is 2. The molecular weight excluding hydrogens is 596 g/mol. The zero-order valence-corrected chi connectivity index (χ0v) is 34.2. The van der Waals surface area contributed by atoms with Gasteiger partial charge in [0, 0.05) is 11.9 Å². The highest BCUT2D eigenvalue weighted by Crippen LogP contribution is 2.13. The second kappa shape index (κ2) is 38.7. The molecule has 290 valence electrons. The third-order valence-corrected chi connectivity index (χ3v) is 9.48. The molecule has 0 amide bonds. The van der Waals surface area contributed by atoms with E-state index in [-0.39, 0.29) is 12.8 Å². The molecule has 0 aromatic heterocycles. The van der Waals surface area contributed by atoms with Gasteiger partial charge in [-0.05, 0) is 77.0 Å². The topological polar surface area (TPSA) is 80.3 Å². The van der Waals surface area contributed by atoms with Crippen LogP contribution < -0.4 is 10.2 Å². The van der Waals surface area contributed by atoms with Gasteiger partial charge in [-0.25, -0.2) is 0 Å². The van der Waals surface area contributed by atoms with E-state index >= 15 is 0 Å². The number of rotatable bonds is 33. The molecule has 0 heterocycles. The molecule has 0 aliphatic heterocycles. The van der Waals surface area contributed by atoms with Gasteiger partial charge in [0.25, 0.3) is 0 Å². The maximum atomic E-state index is 9.77. The Morgan fingerprint density at radius 3 is 0.708 bits per heavy atom. The summed E-state index contributed by atoms with van der Waals surface area (Å²) in [5.41, 5.74) is 0. The zero-order valence-electron chi connectivity index (χ0n) is 34.2. The summed E-state index contributed by atoms with van der Waals surface area (Å²) < 4.78 is 2.48. The van der Waals surface area contributed by atoms with E-state index in [9.17, 15) is 19.8 Å². The van der Waals surface area contributed by atoms with Crippen LogP contribution in [0.25, 0.3) is 0 Å². The summed E-state index contributed by atoms with van der Waals surface area (Å²) in [4.78, 5) is 19.5. The van der Waals surface area contributed by atoms with Crippen LogP contribution in [0.15, 0.2) is 0 Å². The van der Waals surface area contributed by atoms with Crippen molar-refractivity contribution in [2.45, 2.75) is 207 Å². The lowest BCUT2D eigenvalue weighted by Crippen LogP contribution is -2.41. The standard InChI is InChI=1S/2C18H40N.C6H10O4/c2*1-5-7-9-11-13-15-17-19(3,4)18-16-14-12-10-8-6-2;7-5(8)3-1-2-4-6(9)10/h2*5-18H2,1-4H3;1-4H2,(H,7,8)(H,9,10)/q2*+1;/p-2. The molecule has 0 saturated carbocycles. The molecule has 0 aromatic carbocycles. The normalized spacial score (nSPS) is 11.4. The lowest BCUT2D eigenvalue weighted by Gasteiger charge is -2.30. The predicted molar refractivity (Wildman–Crippen MR) is 206 cm³/mol. The molecular formula is C42H88N2O4. The van der Waals surface area contributed by atoms with Gasteiger partial charge in [-0.15, -0.1) is 0 Å². The van der Waals surface area contributed by atoms with Crippen LogP contribution in [0.4, 0.5) is 0 Å². The van der Waals surface area contributed by atoms with Gasteiger partial charge >= 0.3 is 0 Å². The number of carboxylic acids is 2. The Morgan fingerprint density at radius 1 is 0.333 bits per heavy atom. The Labute approximate surface area is 302 Å². The SMILES string of the molecule is CCCCCCCC[N+](C)(C)CCCCCCCC.CCCCCCCC[N+](C)(C)CCCCCCCC.O=C([O-])CCCCC(=O)[O-]. The number of unbranched alkanes of at least 4 members (excludes halogenated alkanes) is 21. The molecule has 0 fully saturated rings. The second-order valence-electron chi connectivity index (χ2n) is 15.8. The third-order valence-electron chi connectivity index (χ3n) is 9.48. The average Bonchev–Trinajstić information content (AvgIpc) is 3.03. The first-order valence-corrected chi connectivity index (χ1v) is 20.9. The molecule has 6 nitrogen and oxygen atoms in total. The fourth-order valence-electron chi connectivity index (χ4n) is 6.04. The fraction of sp³-hybridized carbons (Fsp3) is 0.952. The first-order chi connectivity index (χ1) is 22.9. The van der Waals surface area contributed by atoms with E-state index in [4.69, 9.17) is 0 Å². The lowest BCUT2D eigenvalue weighted by molar-refractivity contribution is -0.890. The minimum atomic E-state index is -1.14. The number of carboxylic acid groups (broad SMARTS) is 2. The van der Waals surface area contributed by atoms with Crippen LogP contribution >= 0.6 is 0 Å².